The minimum Gasteiger partial charge on any atom is -0.379 e. The van der Waals surface area contributed by atoms with Crippen LogP contribution >= 0.6 is 11.6 Å². The zero-order valence-corrected chi connectivity index (χ0v) is 12.0. The molecule has 4 rings (SSSR count). The molecule has 3 atom stereocenters. The van der Waals surface area contributed by atoms with Gasteiger partial charge in [0.1, 0.15) is 12.0 Å². The van der Waals surface area contributed by atoms with E-state index in [0.717, 1.165) is 0 Å². The van der Waals surface area contributed by atoms with Crippen LogP contribution in [0.3, 0.4) is 0 Å². The predicted octanol–water partition coefficient (Wildman–Crippen LogP) is 1.28. The van der Waals surface area contributed by atoms with E-state index in [9.17, 15) is 13.6 Å². The molecule has 9 heteroatoms. The van der Waals surface area contributed by atoms with Crippen LogP contribution in [0, 0.1) is 11.7 Å². The number of ether oxygens (including phenoxy) is 1. The molecule has 2 fully saturated rings. The summed E-state index contributed by atoms with van der Waals surface area (Å²) in [6.07, 6.45) is 0.289. The van der Waals surface area contributed by atoms with Gasteiger partial charge < -0.3 is 14.6 Å². The van der Waals surface area contributed by atoms with Crippen molar-refractivity contribution in [2.75, 3.05) is 24.7 Å². The second-order valence-corrected chi connectivity index (χ2v) is 5.74. The first kappa shape index (κ1) is 13.8. The van der Waals surface area contributed by atoms with Gasteiger partial charge in [-0.1, -0.05) is 11.6 Å². The number of hydrogen-bond donors (Lipinski definition) is 1. The molecular weight excluding hydrogens is 318 g/mol. The smallest absolute Gasteiger partial charge is 0.347 e. The Labute approximate surface area is 128 Å². The summed E-state index contributed by atoms with van der Waals surface area (Å²) in [5, 5.41) is -0.0478. The molecule has 1 N–H and O–H groups in total. The molecular formula is C13H11ClF2N4O2. The third kappa shape index (κ3) is 1.98. The van der Waals surface area contributed by atoms with Crippen molar-refractivity contribution in [1.29, 1.82) is 0 Å². The largest absolute Gasteiger partial charge is 0.379 e. The Balaban J connectivity index is 1.91. The van der Waals surface area contributed by atoms with E-state index in [4.69, 9.17) is 16.3 Å². The molecule has 1 saturated carbocycles. The number of rotatable bonds is 1. The van der Waals surface area contributed by atoms with Crippen LogP contribution in [-0.2, 0) is 4.74 Å². The summed E-state index contributed by atoms with van der Waals surface area (Å²) in [4.78, 5) is 23.4. The second kappa shape index (κ2) is 4.85. The summed E-state index contributed by atoms with van der Waals surface area (Å²) in [6, 6.07) is -0.404. The fourth-order valence-electron chi connectivity index (χ4n) is 2.95. The number of H-pyrrole nitrogens is 1. The summed E-state index contributed by atoms with van der Waals surface area (Å²) in [6.45, 7) is 1.10. The average Bonchev–Trinajstić information content (AvgIpc) is 3.18. The van der Waals surface area contributed by atoms with Gasteiger partial charge in [0.15, 0.2) is 11.0 Å². The van der Waals surface area contributed by atoms with Crippen LogP contribution in [-0.4, -0.2) is 46.9 Å². The number of aromatic amines is 1. The van der Waals surface area contributed by atoms with Crippen molar-refractivity contribution in [3.05, 3.63) is 27.7 Å². The molecule has 0 amide bonds. The van der Waals surface area contributed by atoms with Crippen LogP contribution in [0.4, 0.5) is 14.6 Å². The van der Waals surface area contributed by atoms with Gasteiger partial charge in [0.2, 0.25) is 0 Å². The summed E-state index contributed by atoms with van der Waals surface area (Å²) in [5.41, 5.74) is -0.797. The molecule has 6 nitrogen and oxygen atoms in total. The highest BCUT2D eigenvalue weighted by Crippen LogP contribution is 2.43. The predicted molar refractivity (Wildman–Crippen MR) is 75.5 cm³/mol. The van der Waals surface area contributed by atoms with Crippen molar-refractivity contribution in [3.8, 4) is 0 Å². The van der Waals surface area contributed by atoms with E-state index < -0.39 is 23.7 Å². The normalized spacial score (nSPS) is 27.6. The zero-order valence-electron chi connectivity index (χ0n) is 11.2. The molecule has 116 valence electrons. The third-order valence-corrected chi connectivity index (χ3v) is 4.37. The van der Waals surface area contributed by atoms with E-state index in [1.165, 1.54) is 6.20 Å². The monoisotopic (exact) mass is 328 g/mol. The maximum absolute atomic E-state index is 14.1. The van der Waals surface area contributed by atoms with E-state index in [0.29, 0.717) is 25.1 Å². The van der Waals surface area contributed by atoms with Crippen LogP contribution < -0.4 is 10.6 Å². The van der Waals surface area contributed by atoms with E-state index in [1.807, 2.05) is 0 Å². The van der Waals surface area contributed by atoms with E-state index in [2.05, 4.69) is 15.0 Å². The molecule has 22 heavy (non-hydrogen) atoms. The van der Waals surface area contributed by atoms with Gasteiger partial charge in [-0.05, 0) is 0 Å². The van der Waals surface area contributed by atoms with Gasteiger partial charge in [-0.15, -0.1) is 0 Å². The van der Waals surface area contributed by atoms with Crippen molar-refractivity contribution in [1.82, 2.24) is 15.0 Å². The molecule has 1 saturated heterocycles. The summed E-state index contributed by atoms with van der Waals surface area (Å²) in [7, 11) is 0. The minimum absolute atomic E-state index is 0.0761. The van der Waals surface area contributed by atoms with Crippen LogP contribution in [0.2, 0.25) is 5.15 Å². The lowest BCUT2D eigenvalue weighted by atomic mass is 10.2. The highest BCUT2D eigenvalue weighted by atomic mass is 35.5. The Hall–Kier alpha value is -1.80. The second-order valence-electron chi connectivity index (χ2n) is 5.38. The van der Waals surface area contributed by atoms with Crippen molar-refractivity contribution >= 4 is 28.3 Å². The number of nitrogens with zero attached hydrogens (tertiary/aromatic N) is 3. The van der Waals surface area contributed by atoms with Crippen LogP contribution in [0.15, 0.2) is 11.0 Å². The van der Waals surface area contributed by atoms with Gasteiger partial charge in [0, 0.05) is 18.7 Å². The van der Waals surface area contributed by atoms with Crippen LogP contribution in [0.25, 0.3) is 10.9 Å². The molecule has 2 aromatic heterocycles. The Morgan fingerprint density at radius 3 is 3.14 bits per heavy atom. The number of aromatic nitrogens is 3. The van der Waals surface area contributed by atoms with Gasteiger partial charge >= 0.3 is 5.69 Å². The Bertz CT molecular complexity index is 814. The fraction of sp³-hybridized carbons (Fsp3) is 0.462. The fourth-order valence-corrected chi connectivity index (χ4v) is 3.10. The Kier molecular flexibility index (Phi) is 3.05. The van der Waals surface area contributed by atoms with Crippen molar-refractivity contribution in [3.63, 3.8) is 0 Å². The molecule has 0 aromatic carbocycles. The van der Waals surface area contributed by atoms with Gasteiger partial charge in [-0.2, -0.15) is 4.98 Å². The quantitative estimate of drug-likeness (QED) is 0.799. The zero-order chi connectivity index (χ0) is 15.4. The third-order valence-electron chi connectivity index (χ3n) is 4.11. The Morgan fingerprint density at radius 2 is 2.32 bits per heavy atom. The van der Waals surface area contributed by atoms with Crippen molar-refractivity contribution in [2.24, 2.45) is 5.92 Å². The molecule has 3 heterocycles. The number of pyridine rings is 1. The number of alkyl halides is 1. The number of fused-ring (bicyclic) bond motifs is 2. The maximum atomic E-state index is 14.1. The first-order valence-electron chi connectivity index (χ1n) is 6.80. The lowest BCUT2D eigenvalue weighted by Gasteiger charge is -2.23. The summed E-state index contributed by atoms with van der Waals surface area (Å²) in [5.74, 6) is -0.860. The van der Waals surface area contributed by atoms with E-state index >= 15 is 0 Å². The van der Waals surface area contributed by atoms with Crippen molar-refractivity contribution in [2.45, 2.75) is 12.2 Å². The molecule has 1 aliphatic carbocycles. The molecule has 0 radical (unpaired) electrons. The summed E-state index contributed by atoms with van der Waals surface area (Å²) < 4.78 is 33.3. The molecule has 0 bridgehead atoms. The average molecular weight is 329 g/mol. The molecule has 2 unspecified atom stereocenters. The van der Waals surface area contributed by atoms with Gasteiger partial charge in [0.25, 0.3) is 0 Å². The highest BCUT2D eigenvalue weighted by molar-refractivity contribution is 6.30. The topological polar surface area (TPSA) is 71.1 Å². The van der Waals surface area contributed by atoms with Gasteiger partial charge in [-0.25, -0.2) is 18.6 Å². The first-order chi connectivity index (χ1) is 10.6. The molecule has 2 aliphatic rings. The number of hydrogen-bond acceptors (Lipinski definition) is 5. The SMILES string of the molecule is O=c1nc(N2CCOCC3C2[C@H]3F)c2cnc(Cl)c(F)c2[nH]1. The number of anilines is 1. The van der Waals surface area contributed by atoms with E-state index in [1.54, 1.807) is 4.90 Å². The van der Waals surface area contributed by atoms with Gasteiger partial charge in [-0.3, -0.25) is 0 Å². The maximum Gasteiger partial charge on any atom is 0.347 e. The van der Waals surface area contributed by atoms with Crippen LogP contribution in [0.5, 0.6) is 0 Å². The highest BCUT2D eigenvalue weighted by Gasteiger charge is 2.56. The Morgan fingerprint density at radius 1 is 1.50 bits per heavy atom. The molecule has 1 aliphatic heterocycles. The lowest BCUT2D eigenvalue weighted by molar-refractivity contribution is 0.131. The standard InChI is InChI=1S/C13H11ClF2N4O2/c14-11-8(16)9-5(3-17-11)12(19-13(21)18-9)20-1-2-22-4-6-7(15)10(6)20/h3,6-7,10H,1-2,4H2,(H,18,19,21)/t6?,7-,10?/m0/s1. The molecule has 2 aromatic rings. The van der Waals surface area contributed by atoms with Crippen LogP contribution in [0.1, 0.15) is 0 Å². The number of halogens is 3. The number of nitrogens with one attached hydrogen (secondary N) is 1. The summed E-state index contributed by atoms with van der Waals surface area (Å²) >= 11 is 5.64. The molecule has 0 spiro atoms. The van der Waals surface area contributed by atoms with Gasteiger partial charge in [0.05, 0.1) is 30.2 Å². The first-order valence-corrected chi connectivity index (χ1v) is 7.18. The minimum atomic E-state index is -1.04. The van der Waals surface area contributed by atoms with E-state index in [-0.39, 0.29) is 22.4 Å². The van der Waals surface area contributed by atoms with Crippen molar-refractivity contribution < 1.29 is 13.5 Å². The lowest BCUT2D eigenvalue weighted by Crippen LogP contribution is -2.33.